The van der Waals surface area contributed by atoms with E-state index in [2.05, 4.69) is 4.90 Å². The second kappa shape index (κ2) is 6.46. The van der Waals surface area contributed by atoms with Gasteiger partial charge in [0.05, 0.1) is 19.6 Å². The first-order valence-electron chi connectivity index (χ1n) is 7.71. The van der Waals surface area contributed by atoms with Gasteiger partial charge in [-0.25, -0.2) is 0 Å². The number of likely N-dealkylation sites (tertiary alicyclic amines) is 1. The van der Waals surface area contributed by atoms with Crippen molar-refractivity contribution in [1.29, 1.82) is 0 Å². The molecule has 2 heterocycles. The Labute approximate surface area is 135 Å². The highest BCUT2D eigenvalue weighted by molar-refractivity contribution is 5.72. The van der Waals surface area contributed by atoms with E-state index in [4.69, 9.17) is 9.15 Å². The maximum absolute atomic E-state index is 11.7. The van der Waals surface area contributed by atoms with Crippen molar-refractivity contribution >= 4 is 5.97 Å². The van der Waals surface area contributed by atoms with E-state index in [1.807, 2.05) is 43.3 Å². The Balaban J connectivity index is 1.79. The van der Waals surface area contributed by atoms with Crippen molar-refractivity contribution in [3.8, 4) is 5.75 Å². The highest BCUT2D eigenvalue weighted by Crippen LogP contribution is 2.35. The molecule has 1 saturated heterocycles. The van der Waals surface area contributed by atoms with Crippen LogP contribution in [0.2, 0.25) is 0 Å². The van der Waals surface area contributed by atoms with Gasteiger partial charge in [0.25, 0.3) is 0 Å². The van der Waals surface area contributed by atoms with Gasteiger partial charge in [0, 0.05) is 19.0 Å². The molecule has 1 fully saturated rings. The zero-order valence-corrected chi connectivity index (χ0v) is 13.4. The molecule has 0 spiro atoms. The lowest BCUT2D eigenvalue weighted by Crippen LogP contribution is -2.23. The van der Waals surface area contributed by atoms with Crippen LogP contribution in [-0.4, -0.2) is 36.2 Å². The second-order valence-corrected chi connectivity index (χ2v) is 6.03. The molecule has 23 heavy (non-hydrogen) atoms. The van der Waals surface area contributed by atoms with Gasteiger partial charge in [0.1, 0.15) is 17.3 Å². The average Bonchev–Trinajstić information content (AvgIpc) is 3.14. The highest BCUT2D eigenvalue weighted by atomic mass is 16.5. The molecule has 0 radical (unpaired) electrons. The van der Waals surface area contributed by atoms with Crippen molar-refractivity contribution in [2.24, 2.45) is 5.92 Å². The lowest BCUT2D eigenvalue weighted by molar-refractivity contribution is -0.141. The molecule has 5 nitrogen and oxygen atoms in total. The molecule has 2 aromatic rings. The first-order chi connectivity index (χ1) is 11.1. The van der Waals surface area contributed by atoms with Crippen molar-refractivity contribution in [3.63, 3.8) is 0 Å². The van der Waals surface area contributed by atoms with Crippen LogP contribution in [0.3, 0.4) is 0 Å². The number of aryl methyl sites for hydroxylation is 1. The quantitative estimate of drug-likeness (QED) is 0.919. The van der Waals surface area contributed by atoms with Crippen LogP contribution >= 0.6 is 0 Å². The van der Waals surface area contributed by atoms with Crippen molar-refractivity contribution in [2.75, 3.05) is 20.2 Å². The number of furan rings is 1. The highest BCUT2D eigenvalue weighted by Gasteiger charge is 2.38. The van der Waals surface area contributed by atoms with E-state index in [0.29, 0.717) is 19.6 Å². The minimum atomic E-state index is -0.754. The fourth-order valence-electron chi connectivity index (χ4n) is 3.27. The van der Waals surface area contributed by atoms with E-state index in [9.17, 15) is 9.90 Å². The van der Waals surface area contributed by atoms with E-state index in [1.165, 1.54) is 0 Å². The number of rotatable bonds is 5. The largest absolute Gasteiger partial charge is 0.497 e. The van der Waals surface area contributed by atoms with Crippen LogP contribution < -0.4 is 4.74 Å². The van der Waals surface area contributed by atoms with Gasteiger partial charge in [-0.15, -0.1) is 0 Å². The molecule has 1 aliphatic heterocycles. The Kier molecular flexibility index (Phi) is 4.39. The smallest absolute Gasteiger partial charge is 0.308 e. The molecule has 1 N–H and O–H groups in total. The summed E-state index contributed by atoms with van der Waals surface area (Å²) in [5.41, 5.74) is 1.01. The number of ether oxygens (including phenoxy) is 1. The van der Waals surface area contributed by atoms with Crippen LogP contribution in [0.15, 0.2) is 40.8 Å². The molecule has 1 aromatic heterocycles. The third-order valence-electron chi connectivity index (χ3n) is 4.41. The van der Waals surface area contributed by atoms with Gasteiger partial charge in [-0.1, -0.05) is 12.1 Å². The summed E-state index contributed by atoms with van der Waals surface area (Å²) >= 11 is 0. The van der Waals surface area contributed by atoms with E-state index < -0.39 is 11.9 Å². The maximum atomic E-state index is 11.7. The molecule has 0 saturated carbocycles. The number of nitrogens with zero attached hydrogens (tertiary/aromatic N) is 1. The molecular weight excluding hydrogens is 294 g/mol. The topological polar surface area (TPSA) is 62.9 Å². The summed E-state index contributed by atoms with van der Waals surface area (Å²) in [5, 5.41) is 9.58. The number of hydrogen-bond acceptors (Lipinski definition) is 4. The lowest BCUT2D eigenvalue weighted by Gasteiger charge is -2.16. The molecule has 122 valence electrons. The molecule has 1 aromatic carbocycles. The van der Waals surface area contributed by atoms with Crippen LogP contribution in [-0.2, 0) is 11.3 Å². The standard InChI is InChI=1S/C18H21NO4/c1-12-6-7-15(23-12)9-19-10-16(17(11-19)18(20)21)13-4-3-5-14(8-13)22-2/h3-8,16-17H,9-11H2,1-2H3,(H,20,21)/t16-,17+/m1/s1. The number of carboxylic acids is 1. The van der Waals surface area contributed by atoms with Gasteiger partial charge < -0.3 is 14.3 Å². The van der Waals surface area contributed by atoms with E-state index in [-0.39, 0.29) is 5.92 Å². The van der Waals surface area contributed by atoms with Gasteiger partial charge in [-0.2, -0.15) is 0 Å². The fourth-order valence-corrected chi connectivity index (χ4v) is 3.27. The molecule has 0 bridgehead atoms. The van der Waals surface area contributed by atoms with E-state index in [1.54, 1.807) is 7.11 Å². The summed E-state index contributed by atoms with van der Waals surface area (Å²) in [5.74, 6) is 1.29. The number of methoxy groups -OCH3 is 1. The monoisotopic (exact) mass is 315 g/mol. The van der Waals surface area contributed by atoms with E-state index >= 15 is 0 Å². The predicted octanol–water partition coefficient (Wildman–Crippen LogP) is 2.90. The molecule has 0 unspecified atom stereocenters. The molecule has 3 rings (SSSR count). The molecule has 0 amide bonds. The van der Waals surface area contributed by atoms with Gasteiger partial charge in [0.2, 0.25) is 0 Å². The van der Waals surface area contributed by atoms with Crippen molar-refractivity contribution < 1.29 is 19.1 Å². The number of benzene rings is 1. The van der Waals surface area contributed by atoms with Crippen LogP contribution in [0, 0.1) is 12.8 Å². The van der Waals surface area contributed by atoms with Crippen LogP contribution in [0.1, 0.15) is 23.0 Å². The normalized spacial score (nSPS) is 21.5. The maximum Gasteiger partial charge on any atom is 0.308 e. The third kappa shape index (κ3) is 3.40. The number of hydrogen-bond donors (Lipinski definition) is 1. The van der Waals surface area contributed by atoms with Gasteiger partial charge in [-0.3, -0.25) is 9.69 Å². The lowest BCUT2D eigenvalue weighted by atomic mass is 9.89. The summed E-state index contributed by atoms with van der Waals surface area (Å²) in [4.78, 5) is 13.8. The minimum Gasteiger partial charge on any atom is -0.497 e. The summed E-state index contributed by atoms with van der Waals surface area (Å²) in [7, 11) is 1.62. The predicted molar refractivity (Wildman–Crippen MR) is 85.6 cm³/mol. The SMILES string of the molecule is COc1cccc([C@H]2CN(Cc3ccc(C)o3)C[C@@H]2C(=O)O)c1. The molecule has 0 aliphatic carbocycles. The molecule has 1 aliphatic rings. The Hall–Kier alpha value is -2.27. The Morgan fingerprint density at radius 3 is 2.83 bits per heavy atom. The average molecular weight is 315 g/mol. The van der Waals surface area contributed by atoms with Crippen LogP contribution in [0.5, 0.6) is 5.75 Å². The van der Waals surface area contributed by atoms with Crippen molar-refractivity contribution in [1.82, 2.24) is 4.90 Å². The molecule has 2 atom stereocenters. The third-order valence-corrected chi connectivity index (χ3v) is 4.41. The van der Waals surface area contributed by atoms with Gasteiger partial charge in [-0.05, 0) is 36.8 Å². The Morgan fingerprint density at radius 1 is 1.35 bits per heavy atom. The van der Waals surface area contributed by atoms with Crippen molar-refractivity contribution in [2.45, 2.75) is 19.4 Å². The first-order valence-corrected chi connectivity index (χ1v) is 7.71. The molecule has 5 heteroatoms. The fraction of sp³-hybridized carbons (Fsp3) is 0.389. The number of carboxylic acid groups (broad SMARTS) is 1. The minimum absolute atomic E-state index is 0.0429. The van der Waals surface area contributed by atoms with Crippen molar-refractivity contribution in [3.05, 3.63) is 53.5 Å². The zero-order chi connectivity index (χ0) is 16.4. The van der Waals surface area contributed by atoms with Gasteiger partial charge >= 0.3 is 5.97 Å². The first kappa shape index (κ1) is 15.6. The second-order valence-electron chi connectivity index (χ2n) is 6.03. The summed E-state index contributed by atoms with van der Waals surface area (Å²) in [6.07, 6.45) is 0. The summed E-state index contributed by atoms with van der Waals surface area (Å²) < 4.78 is 10.9. The Bertz CT molecular complexity index is 694. The number of aliphatic carboxylic acids is 1. The van der Waals surface area contributed by atoms with Crippen LogP contribution in [0.4, 0.5) is 0 Å². The summed E-state index contributed by atoms with van der Waals surface area (Å²) in [6.45, 7) is 3.77. The van der Waals surface area contributed by atoms with E-state index in [0.717, 1.165) is 22.8 Å². The zero-order valence-electron chi connectivity index (χ0n) is 13.4. The van der Waals surface area contributed by atoms with Crippen LogP contribution in [0.25, 0.3) is 0 Å². The number of carbonyl (C=O) groups is 1. The van der Waals surface area contributed by atoms with Gasteiger partial charge in [0.15, 0.2) is 0 Å². The molecular formula is C18H21NO4. The summed E-state index contributed by atoms with van der Waals surface area (Å²) in [6, 6.07) is 11.6. The Morgan fingerprint density at radius 2 is 2.17 bits per heavy atom.